The Bertz CT molecular complexity index is 989. The molecule has 7 heteroatoms. The van der Waals surface area contributed by atoms with Gasteiger partial charge >= 0.3 is 0 Å². The lowest BCUT2D eigenvalue weighted by Crippen LogP contribution is -2.47. The summed E-state index contributed by atoms with van der Waals surface area (Å²) >= 11 is 0. The minimum Gasteiger partial charge on any atom is -0.385 e. The summed E-state index contributed by atoms with van der Waals surface area (Å²) < 4.78 is 0. The van der Waals surface area contributed by atoms with Crippen LogP contribution in [0.5, 0.6) is 0 Å². The minimum atomic E-state index is -0.117. The van der Waals surface area contributed by atoms with Crippen molar-refractivity contribution >= 4 is 23.2 Å². The average Bonchev–Trinajstić information content (AvgIpc) is 3.13. The normalized spacial score (nSPS) is 24.9. The number of rotatable bonds is 10. The number of nitrogens with zero attached hydrogens (tertiary/aromatic N) is 3. The number of aromatic nitrogens is 2. The van der Waals surface area contributed by atoms with Crippen LogP contribution >= 0.6 is 0 Å². The molecule has 2 aliphatic carbocycles. The minimum absolute atomic E-state index is 0.117. The average molecular weight is 465 g/mol. The molecule has 3 N–H and O–H groups in total. The standard InChI is InChI=1S/C27H40N6O/c1-26(2)19-12-14-27(26,3)23(18-19)32-24(34)22-13-16-29-25(31-22)30-21-10-8-20(9-11-21)28-15-6-7-17-33(4)5/h8-11,13,16,19,23,28H,6-7,12,14-15,17-18H2,1-5H3,(H,32,34)(H,29,30,31). The number of fused-ring (bicyclic) bond motifs is 2. The lowest BCUT2D eigenvalue weighted by Gasteiger charge is -2.39. The molecule has 0 aliphatic heterocycles. The quantitative estimate of drug-likeness (QED) is 0.433. The molecular formula is C27H40N6O. The van der Waals surface area contributed by atoms with Crippen LogP contribution in [0, 0.1) is 16.7 Å². The van der Waals surface area contributed by atoms with Crippen LogP contribution in [-0.4, -0.2) is 54.0 Å². The Kier molecular flexibility index (Phi) is 7.12. The smallest absolute Gasteiger partial charge is 0.270 e. The molecule has 1 aromatic heterocycles. The number of benzene rings is 1. The highest BCUT2D eigenvalue weighted by Crippen LogP contribution is 2.65. The fourth-order valence-corrected chi connectivity index (χ4v) is 5.79. The van der Waals surface area contributed by atoms with E-state index in [0.717, 1.165) is 37.3 Å². The molecule has 34 heavy (non-hydrogen) atoms. The topological polar surface area (TPSA) is 82.2 Å². The third kappa shape index (κ3) is 5.04. The molecule has 1 heterocycles. The van der Waals surface area contributed by atoms with Gasteiger partial charge in [0.15, 0.2) is 0 Å². The predicted molar refractivity (Wildman–Crippen MR) is 139 cm³/mol. The Morgan fingerprint density at radius 2 is 1.82 bits per heavy atom. The first-order valence-corrected chi connectivity index (χ1v) is 12.6. The second-order valence-corrected chi connectivity index (χ2v) is 11.0. The van der Waals surface area contributed by atoms with E-state index in [1.807, 2.05) is 24.3 Å². The van der Waals surface area contributed by atoms with Crippen molar-refractivity contribution in [2.24, 2.45) is 16.7 Å². The van der Waals surface area contributed by atoms with E-state index in [9.17, 15) is 4.79 Å². The second kappa shape index (κ2) is 9.90. The van der Waals surface area contributed by atoms with Crippen molar-refractivity contribution in [3.8, 4) is 0 Å². The number of hydrogen-bond acceptors (Lipinski definition) is 6. The third-order valence-electron chi connectivity index (χ3n) is 8.49. The Morgan fingerprint density at radius 3 is 2.47 bits per heavy atom. The van der Waals surface area contributed by atoms with Crippen molar-refractivity contribution in [2.75, 3.05) is 37.8 Å². The number of amides is 1. The number of unbranched alkanes of at least 4 members (excludes halogenated alkanes) is 1. The van der Waals surface area contributed by atoms with Crippen molar-refractivity contribution < 1.29 is 4.79 Å². The monoisotopic (exact) mass is 464 g/mol. The van der Waals surface area contributed by atoms with Gasteiger partial charge < -0.3 is 20.9 Å². The maximum absolute atomic E-state index is 13.0. The van der Waals surface area contributed by atoms with Crippen LogP contribution in [0.4, 0.5) is 17.3 Å². The van der Waals surface area contributed by atoms with E-state index >= 15 is 0 Å². The van der Waals surface area contributed by atoms with Gasteiger partial charge in [-0.25, -0.2) is 9.97 Å². The van der Waals surface area contributed by atoms with Gasteiger partial charge in [-0.3, -0.25) is 4.79 Å². The van der Waals surface area contributed by atoms with Crippen molar-refractivity contribution in [1.29, 1.82) is 0 Å². The molecule has 2 fully saturated rings. The maximum Gasteiger partial charge on any atom is 0.270 e. The van der Waals surface area contributed by atoms with E-state index in [4.69, 9.17) is 0 Å². The first kappa shape index (κ1) is 24.5. The molecular weight excluding hydrogens is 424 g/mol. The van der Waals surface area contributed by atoms with Crippen molar-refractivity contribution in [2.45, 2.75) is 58.9 Å². The molecule has 2 aromatic rings. The highest BCUT2D eigenvalue weighted by molar-refractivity contribution is 5.92. The zero-order chi connectivity index (χ0) is 24.3. The summed E-state index contributed by atoms with van der Waals surface area (Å²) in [5.74, 6) is 0.992. The van der Waals surface area contributed by atoms with E-state index in [1.165, 1.54) is 19.3 Å². The Labute approximate surface area is 204 Å². The van der Waals surface area contributed by atoms with Gasteiger partial charge in [0.25, 0.3) is 5.91 Å². The first-order valence-electron chi connectivity index (χ1n) is 12.6. The van der Waals surface area contributed by atoms with Gasteiger partial charge in [-0.2, -0.15) is 0 Å². The van der Waals surface area contributed by atoms with Crippen LogP contribution in [0.15, 0.2) is 36.5 Å². The molecule has 0 radical (unpaired) electrons. The summed E-state index contributed by atoms with van der Waals surface area (Å²) in [6.45, 7) is 9.12. The molecule has 4 rings (SSSR count). The number of carbonyl (C=O) groups is 1. The summed E-state index contributed by atoms with van der Waals surface area (Å²) in [6, 6.07) is 9.96. The molecule has 0 spiro atoms. The predicted octanol–water partition coefficient (Wildman–Crippen LogP) is 4.92. The molecule has 184 valence electrons. The van der Waals surface area contributed by atoms with Gasteiger partial charge in [0, 0.05) is 30.2 Å². The Balaban J connectivity index is 1.31. The van der Waals surface area contributed by atoms with Crippen LogP contribution < -0.4 is 16.0 Å². The zero-order valence-electron chi connectivity index (χ0n) is 21.3. The summed E-state index contributed by atoms with van der Waals surface area (Å²) in [7, 11) is 4.20. The van der Waals surface area contributed by atoms with Crippen molar-refractivity contribution in [3.05, 3.63) is 42.2 Å². The van der Waals surface area contributed by atoms with Crippen LogP contribution in [0.1, 0.15) is 63.4 Å². The molecule has 2 bridgehead atoms. The largest absolute Gasteiger partial charge is 0.385 e. The molecule has 2 saturated carbocycles. The number of carbonyl (C=O) groups excluding carboxylic acids is 1. The fourth-order valence-electron chi connectivity index (χ4n) is 5.79. The number of anilines is 3. The van der Waals surface area contributed by atoms with Crippen molar-refractivity contribution in [3.63, 3.8) is 0 Å². The molecule has 3 atom stereocenters. The second-order valence-electron chi connectivity index (χ2n) is 11.0. The van der Waals surface area contributed by atoms with E-state index in [-0.39, 0.29) is 22.8 Å². The molecule has 2 aliphatic rings. The lowest BCUT2D eigenvalue weighted by atomic mass is 9.69. The van der Waals surface area contributed by atoms with E-state index < -0.39 is 0 Å². The zero-order valence-corrected chi connectivity index (χ0v) is 21.3. The van der Waals surface area contributed by atoms with Gasteiger partial charge in [-0.15, -0.1) is 0 Å². The van der Waals surface area contributed by atoms with Crippen LogP contribution in [0.25, 0.3) is 0 Å². The summed E-state index contributed by atoms with van der Waals surface area (Å²) in [4.78, 5) is 24.0. The van der Waals surface area contributed by atoms with E-state index in [2.05, 4.69) is 65.7 Å². The Morgan fingerprint density at radius 1 is 1.09 bits per heavy atom. The summed E-state index contributed by atoms with van der Waals surface area (Å²) in [5.41, 5.74) is 2.78. The fraction of sp³-hybridized carbons (Fsp3) is 0.593. The number of hydrogen-bond donors (Lipinski definition) is 3. The van der Waals surface area contributed by atoms with Crippen LogP contribution in [0.3, 0.4) is 0 Å². The van der Waals surface area contributed by atoms with Gasteiger partial charge in [-0.1, -0.05) is 20.8 Å². The summed E-state index contributed by atoms with van der Waals surface area (Å²) in [6.07, 6.45) is 7.45. The Hall–Kier alpha value is -2.67. The SMILES string of the molecule is CN(C)CCCCNc1ccc(Nc2nccc(C(=O)NC3CC4CCC3(C)C4(C)C)n2)cc1. The lowest BCUT2D eigenvalue weighted by molar-refractivity contribution is 0.0821. The van der Waals surface area contributed by atoms with E-state index in [0.29, 0.717) is 17.6 Å². The maximum atomic E-state index is 13.0. The van der Waals surface area contributed by atoms with Gasteiger partial charge in [0.05, 0.1) is 0 Å². The molecule has 7 nitrogen and oxygen atoms in total. The van der Waals surface area contributed by atoms with Gasteiger partial charge in [0.2, 0.25) is 5.95 Å². The molecule has 1 amide bonds. The first-order chi connectivity index (χ1) is 16.2. The van der Waals surface area contributed by atoms with Crippen LogP contribution in [-0.2, 0) is 0 Å². The number of nitrogens with one attached hydrogen (secondary N) is 3. The molecule has 1 aromatic carbocycles. The van der Waals surface area contributed by atoms with E-state index in [1.54, 1.807) is 12.3 Å². The highest BCUT2D eigenvalue weighted by atomic mass is 16.2. The summed E-state index contributed by atoms with van der Waals surface area (Å²) in [5, 5.41) is 9.97. The molecule has 0 saturated heterocycles. The molecule has 3 unspecified atom stereocenters. The van der Waals surface area contributed by atoms with Crippen LogP contribution in [0.2, 0.25) is 0 Å². The van der Waals surface area contributed by atoms with Gasteiger partial charge in [-0.05, 0) is 99.8 Å². The highest BCUT2D eigenvalue weighted by Gasteiger charge is 2.61. The third-order valence-corrected chi connectivity index (χ3v) is 8.49. The van der Waals surface area contributed by atoms with Crippen molar-refractivity contribution in [1.82, 2.24) is 20.2 Å². The van der Waals surface area contributed by atoms with Gasteiger partial charge in [0.1, 0.15) is 5.69 Å².